The molecule has 3 rings (SSSR count). The molecule has 0 unspecified atom stereocenters. The number of fused-ring (bicyclic) bond motifs is 1. The Kier molecular flexibility index (Phi) is 5.86. The summed E-state index contributed by atoms with van der Waals surface area (Å²) in [5, 5.41) is 5.52. The number of nitrogens with zero attached hydrogens (tertiary/aromatic N) is 1. The largest absolute Gasteiger partial charge is 0.383 e. The standard InChI is InChI=1S/C20H23N3O3/c1-26-13-11-21-20(25)22-17-10-9-15-8-5-12-23(18(15)14-17)19(24)16-6-3-2-4-7-16/h2-4,6-7,9-10,14H,5,8,11-13H2,1H3,(H2,21,22,25). The average molecular weight is 353 g/mol. The lowest BCUT2D eigenvalue weighted by atomic mass is 10.00. The van der Waals surface area contributed by atoms with E-state index in [2.05, 4.69) is 10.6 Å². The van der Waals surface area contributed by atoms with Crippen molar-refractivity contribution in [3.05, 3.63) is 59.7 Å². The van der Waals surface area contributed by atoms with Crippen molar-refractivity contribution in [1.82, 2.24) is 5.32 Å². The fourth-order valence-corrected chi connectivity index (χ4v) is 3.04. The van der Waals surface area contributed by atoms with Gasteiger partial charge in [-0.2, -0.15) is 0 Å². The number of hydrogen-bond donors (Lipinski definition) is 2. The zero-order valence-corrected chi connectivity index (χ0v) is 14.8. The molecule has 0 saturated carbocycles. The summed E-state index contributed by atoms with van der Waals surface area (Å²) >= 11 is 0. The lowest BCUT2D eigenvalue weighted by Crippen LogP contribution is -2.36. The SMILES string of the molecule is COCCNC(=O)Nc1ccc2c(c1)N(C(=O)c1ccccc1)CCC2. The maximum absolute atomic E-state index is 12.9. The fraction of sp³-hybridized carbons (Fsp3) is 0.300. The topological polar surface area (TPSA) is 70.7 Å². The first kappa shape index (κ1) is 17.9. The number of nitrogens with one attached hydrogen (secondary N) is 2. The van der Waals surface area contributed by atoms with Gasteiger partial charge in [0, 0.05) is 37.1 Å². The summed E-state index contributed by atoms with van der Waals surface area (Å²) in [6, 6.07) is 14.7. The minimum absolute atomic E-state index is 0.0201. The van der Waals surface area contributed by atoms with Gasteiger partial charge in [0.2, 0.25) is 0 Å². The van der Waals surface area contributed by atoms with Gasteiger partial charge in [-0.15, -0.1) is 0 Å². The van der Waals surface area contributed by atoms with Crippen LogP contribution in [0, 0.1) is 0 Å². The highest BCUT2D eigenvalue weighted by atomic mass is 16.5. The van der Waals surface area contributed by atoms with Crippen LogP contribution < -0.4 is 15.5 Å². The molecule has 1 heterocycles. The van der Waals surface area contributed by atoms with E-state index in [0.717, 1.165) is 24.1 Å². The Bertz CT molecular complexity index is 777. The summed E-state index contributed by atoms with van der Waals surface area (Å²) in [5.41, 5.74) is 3.30. The normalized spacial score (nSPS) is 13.0. The Labute approximate surface area is 153 Å². The molecule has 6 nitrogen and oxygen atoms in total. The summed E-state index contributed by atoms with van der Waals surface area (Å²) in [6.07, 6.45) is 1.85. The first-order valence-corrected chi connectivity index (χ1v) is 8.72. The van der Waals surface area contributed by atoms with E-state index in [4.69, 9.17) is 4.74 Å². The van der Waals surface area contributed by atoms with Crippen molar-refractivity contribution in [3.8, 4) is 0 Å². The molecule has 0 spiro atoms. The van der Waals surface area contributed by atoms with Crippen LogP contribution in [-0.2, 0) is 11.2 Å². The number of ether oxygens (including phenoxy) is 1. The minimum Gasteiger partial charge on any atom is -0.383 e. The molecule has 6 heteroatoms. The number of carbonyl (C=O) groups is 2. The minimum atomic E-state index is -0.293. The van der Waals surface area contributed by atoms with Crippen molar-refractivity contribution in [1.29, 1.82) is 0 Å². The number of methoxy groups -OCH3 is 1. The second-order valence-corrected chi connectivity index (χ2v) is 6.14. The molecule has 0 radical (unpaired) electrons. The van der Waals surface area contributed by atoms with Gasteiger partial charge in [-0.05, 0) is 42.7 Å². The Hall–Kier alpha value is -2.86. The maximum Gasteiger partial charge on any atom is 0.319 e. The Morgan fingerprint density at radius 3 is 2.73 bits per heavy atom. The van der Waals surface area contributed by atoms with Crippen LogP contribution in [0.4, 0.5) is 16.2 Å². The van der Waals surface area contributed by atoms with Gasteiger partial charge in [-0.1, -0.05) is 24.3 Å². The van der Waals surface area contributed by atoms with Crippen molar-refractivity contribution in [2.75, 3.05) is 37.0 Å². The third-order valence-corrected chi connectivity index (χ3v) is 4.32. The lowest BCUT2D eigenvalue weighted by Gasteiger charge is -2.30. The predicted octanol–water partition coefficient (Wildman–Crippen LogP) is 3.05. The number of hydrogen-bond acceptors (Lipinski definition) is 3. The first-order valence-electron chi connectivity index (χ1n) is 8.72. The smallest absolute Gasteiger partial charge is 0.319 e. The summed E-state index contributed by atoms with van der Waals surface area (Å²) in [6.45, 7) is 1.56. The molecule has 1 aliphatic rings. The summed E-state index contributed by atoms with van der Waals surface area (Å²) in [4.78, 5) is 26.6. The van der Waals surface area contributed by atoms with Gasteiger partial charge in [-0.3, -0.25) is 4.79 Å². The third kappa shape index (κ3) is 4.21. The predicted molar refractivity (Wildman–Crippen MR) is 102 cm³/mol. The van der Waals surface area contributed by atoms with Crippen molar-refractivity contribution >= 4 is 23.3 Å². The van der Waals surface area contributed by atoms with Gasteiger partial charge in [-0.25, -0.2) is 4.79 Å². The molecule has 0 saturated heterocycles. The van der Waals surface area contributed by atoms with E-state index < -0.39 is 0 Å². The summed E-state index contributed by atoms with van der Waals surface area (Å²) in [5.74, 6) is -0.0201. The zero-order chi connectivity index (χ0) is 18.4. The maximum atomic E-state index is 12.9. The van der Waals surface area contributed by atoms with Crippen molar-refractivity contribution in [3.63, 3.8) is 0 Å². The number of amides is 3. The number of urea groups is 1. The van der Waals surface area contributed by atoms with Gasteiger partial charge >= 0.3 is 6.03 Å². The third-order valence-electron chi connectivity index (χ3n) is 4.32. The van der Waals surface area contributed by atoms with E-state index in [1.807, 2.05) is 48.5 Å². The zero-order valence-electron chi connectivity index (χ0n) is 14.8. The molecule has 2 aromatic rings. The molecule has 3 amide bonds. The van der Waals surface area contributed by atoms with Crippen LogP contribution in [0.25, 0.3) is 0 Å². The van der Waals surface area contributed by atoms with E-state index >= 15 is 0 Å². The Morgan fingerprint density at radius 2 is 1.96 bits per heavy atom. The molecule has 0 aromatic heterocycles. The molecule has 1 aliphatic heterocycles. The molecule has 2 aromatic carbocycles. The van der Waals surface area contributed by atoms with E-state index in [-0.39, 0.29) is 11.9 Å². The molecule has 0 aliphatic carbocycles. The summed E-state index contributed by atoms with van der Waals surface area (Å²) < 4.78 is 4.91. The second-order valence-electron chi connectivity index (χ2n) is 6.14. The molecule has 136 valence electrons. The van der Waals surface area contributed by atoms with E-state index in [0.29, 0.717) is 30.9 Å². The lowest BCUT2D eigenvalue weighted by molar-refractivity contribution is 0.0985. The highest BCUT2D eigenvalue weighted by Gasteiger charge is 2.24. The molecular formula is C20H23N3O3. The fourth-order valence-electron chi connectivity index (χ4n) is 3.04. The Balaban J connectivity index is 1.77. The van der Waals surface area contributed by atoms with Crippen LogP contribution in [0.1, 0.15) is 22.3 Å². The second kappa shape index (κ2) is 8.49. The highest BCUT2D eigenvalue weighted by Crippen LogP contribution is 2.31. The van der Waals surface area contributed by atoms with Crippen LogP contribution in [0.3, 0.4) is 0 Å². The van der Waals surface area contributed by atoms with Crippen molar-refractivity contribution < 1.29 is 14.3 Å². The molecule has 0 fully saturated rings. The van der Waals surface area contributed by atoms with Crippen LogP contribution >= 0.6 is 0 Å². The van der Waals surface area contributed by atoms with E-state index in [9.17, 15) is 9.59 Å². The van der Waals surface area contributed by atoms with Gasteiger partial charge in [0.05, 0.1) is 6.61 Å². The monoisotopic (exact) mass is 353 g/mol. The molecular weight excluding hydrogens is 330 g/mol. The Morgan fingerprint density at radius 1 is 1.15 bits per heavy atom. The van der Waals surface area contributed by atoms with E-state index in [1.54, 1.807) is 12.0 Å². The van der Waals surface area contributed by atoms with Crippen LogP contribution in [0.5, 0.6) is 0 Å². The van der Waals surface area contributed by atoms with Gasteiger partial charge in [0.15, 0.2) is 0 Å². The number of carbonyl (C=O) groups excluding carboxylic acids is 2. The molecule has 0 bridgehead atoms. The van der Waals surface area contributed by atoms with Crippen LogP contribution in [0.15, 0.2) is 48.5 Å². The molecule has 2 N–H and O–H groups in total. The summed E-state index contributed by atoms with van der Waals surface area (Å²) in [7, 11) is 1.58. The van der Waals surface area contributed by atoms with Gasteiger partial charge < -0.3 is 20.3 Å². The number of aryl methyl sites for hydroxylation is 1. The van der Waals surface area contributed by atoms with Crippen molar-refractivity contribution in [2.24, 2.45) is 0 Å². The van der Waals surface area contributed by atoms with Gasteiger partial charge in [0.25, 0.3) is 5.91 Å². The number of anilines is 2. The van der Waals surface area contributed by atoms with Crippen molar-refractivity contribution in [2.45, 2.75) is 12.8 Å². The first-order chi connectivity index (χ1) is 12.7. The molecule has 0 atom stereocenters. The number of rotatable bonds is 5. The van der Waals surface area contributed by atoms with Gasteiger partial charge in [0.1, 0.15) is 0 Å². The highest BCUT2D eigenvalue weighted by molar-refractivity contribution is 6.07. The van der Waals surface area contributed by atoms with Crippen LogP contribution in [0.2, 0.25) is 0 Å². The van der Waals surface area contributed by atoms with E-state index in [1.165, 1.54) is 0 Å². The average Bonchev–Trinajstić information content (AvgIpc) is 2.68. The quantitative estimate of drug-likeness (QED) is 0.812. The van der Waals surface area contributed by atoms with Crippen LogP contribution in [-0.4, -0.2) is 38.7 Å². The number of benzene rings is 2. The molecule has 26 heavy (non-hydrogen) atoms.